The van der Waals surface area contributed by atoms with Crippen molar-refractivity contribution in [3.8, 4) is 0 Å². The lowest BCUT2D eigenvalue weighted by Gasteiger charge is -2.32. The Morgan fingerprint density at radius 2 is 2.48 bits per heavy atom. The minimum Gasteiger partial charge on any atom is -0.469 e. The lowest BCUT2D eigenvalue weighted by molar-refractivity contribution is -0.132. The van der Waals surface area contributed by atoms with Crippen LogP contribution in [0.15, 0.2) is 28.9 Å². The Morgan fingerprint density at radius 3 is 3.19 bits per heavy atom. The first-order chi connectivity index (χ1) is 10.2. The van der Waals surface area contributed by atoms with Gasteiger partial charge in [-0.15, -0.1) is 0 Å². The number of nitrogens with one attached hydrogen (secondary N) is 1. The number of carbonyl (C=O) groups excluding carboxylic acids is 1. The molecule has 0 saturated carbocycles. The van der Waals surface area contributed by atoms with Gasteiger partial charge in [0.15, 0.2) is 0 Å². The third-order valence-corrected chi connectivity index (χ3v) is 4.08. The standard InChI is InChI=1S/C16H21N3O2/c1-12-10-15(18-17-12)13-4-2-8-19(11-13)16(20)7-6-14-5-3-9-21-14/h3,5,9-10,13H,2,4,6-8,11H2,1H3,(H,17,18)/t13-/m1/s1. The van der Waals surface area contributed by atoms with E-state index in [1.165, 1.54) is 0 Å². The smallest absolute Gasteiger partial charge is 0.223 e. The van der Waals surface area contributed by atoms with Crippen molar-refractivity contribution < 1.29 is 9.21 Å². The second kappa shape index (κ2) is 6.16. The van der Waals surface area contributed by atoms with Crippen LogP contribution in [0.2, 0.25) is 0 Å². The molecule has 3 heterocycles. The van der Waals surface area contributed by atoms with Crippen molar-refractivity contribution in [3.05, 3.63) is 41.6 Å². The van der Waals surface area contributed by atoms with E-state index in [4.69, 9.17) is 4.42 Å². The van der Waals surface area contributed by atoms with Crippen LogP contribution in [-0.2, 0) is 11.2 Å². The predicted octanol–water partition coefficient (Wildman–Crippen LogP) is 2.65. The van der Waals surface area contributed by atoms with Crippen LogP contribution < -0.4 is 0 Å². The fraction of sp³-hybridized carbons (Fsp3) is 0.500. The first kappa shape index (κ1) is 13.9. The fourth-order valence-electron chi connectivity index (χ4n) is 2.94. The monoisotopic (exact) mass is 287 g/mol. The van der Waals surface area contributed by atoms with Crippen molar-refractivity contribution in [1.29, 1.82) is 0 Å². The first-order valence-corrected chi connectivity index (χ1v) is 7.54. The molecule has 0 aliphatic carbocycles. The summed E-state index contributed by atoms with van der Waals surface area (Å²) in [5.74, 6) is 1.44. The fourth-order valence-corrected chi connectivity index (χ4v) is 2.94. The van der Waals surface area contributed by atoms with E-state index < -0.39 is 0 Å². The molecule has 2 aromatic heterocycles. The molecule has 5 heteroatoms. The van der Waals surface area contributed by atoms with E-state index in [1.807, 2.05) is 24.0 Å². The third kappa shape index (κ3) is 3.35. The number of hydrogen-bond donors (Lipinski definition) is 1. The van der Waals surface area contributed by atoms with Crippen LogP contribution >= 0.6 is 0 Å². The normalized spacial score (nSPS) is 18.9. The van der Waals surface area contributed by atoms with Gasteiger partial charge in [-0.3, -0.25) is 9.89 Å². The minimum absolute atomic E-state index is 0.211. The van der Waals surface area contributed by atoms with E-state index in [2.05, 4.69) is 16.3 Å². The Labute approximate surface area is 124 Å². The number of piperidine rings is 1. The average molecular weight is 287 g/mol. The molecule has 0 unspecified atom stereocenters. The van der Waals surface area contributed by atoms with Gasteiger partial charge in [-0.25, -0.2) is 0 Å². The lowest BCUT2D eigenvalue weighted by atomic mass is 9.94. The number of likely N-dealkylation sites (tertiary alicyclic amines) is 1. The van der Waals surface area contributed by atoms with Crippen LogP contribution in [0.1, 0.15) is 42.3 Å². The van der Waals surface area contributed by atoms with Crippen molar-refractivity contribution in [1.82, 2.24) is 15.1 Å². The maximum absolute atomic E-state index is 12.3. The van der Waals surface area contributed by atoms with Gasteiger partial charge in [0.25, 0.3) is 0 Å². The Kier molecular flexibility index (Phi) is 4.08. The number of carbonyl (C=O) groups is 1. The zero-order valence-electron chi connectivity index (χ0n) is 12.3. The highest BCUT2D eigenvalue weighted by atomic mass is 16.3. The van der Waals surface area contributed by atoms with Crippen LogP contribution in [0.5, 0.6) is 0 Å². The number of nitrogens with zero attached hydrogens (tertiary/aromatic N) is 2. The molecular weight excluding hydrogens is 266 g/mol. The van der Waals surface area contributed by atoms with Crippen molar-refractivity contribution in [2.75, 3.05) is 13.1 Å². The summed E-state index contributed by atoms with van der Waals surface area (Å²) >= 11 is 0. The average Bonchev–Trinajstić information content (AvgIpc) is 3.16. The molecule has 1 amide bonds. The Hall–Kier alpha value is -2.04. The van der Waals surface area contributed by atoms with E-state index in [0.717, 1.165) is 43.1 Å². The molecule has 3 rings (SSSR count). The van der Waals surface area contributed by atoms with Crippen LogP contribution in [0.4, 0.5) is 0 Å². The molecule has 5 nitrogen and oxygen atoms in total. The van der Waals surface area contributed by atoms with E-state index in [-0.39, 0.29) is 5.91 Å². The van der Waals surface area contributed by atoms with Gasteiger partial charge in [-0.2, -0.15) is 5.10 Å². The van der Waals surface area contributed by atoms with Gasteiger partial charge >= 0.3 is 0 Å². The van der Waals surface area contributed by atoms with Crippen molar-refractivity contribution in [2.24, 2.45) is 0 Å². The molecular formula is C16H21N3O2. The highest BCUT2D eigenvalue weighted by Crippen LogP contribution is 2.26. The summed E-state index contributed by atoms with van der Waals surface area (Å²) < 4.78 is 5.28. The molecule has 0 spiro atoms. The SMILES string of the molecule is Cc1cc([C@@H]2CCCN(C(=O)CCc3ccco3)C2)n[nH]1. The molecule has 112 valence electrons. The number of rotatable bonds is 4. The van der Waals surface area contributed by atoms with E-state index >= 15 is 0 Å². The van der Waals surface area contributed by atoms with Crippen LogP contribution in [0.3, 0.4) is 0 Å². The van der Waals surface area contributed by atoms with Gasteiger partial charge in [0.05, 0.1) is 12.0 Å². The maximum Gasteiger partial charge on any atom is 0.223 e. The van der Waals surface area contributed by atoms with Gasteiger partial charge in [-0.1, -0.05) is 0 Å². The largest absolute Gasteiger partial charge is 0.469 e. The molecule has 1 saturated heterocycles. The zero-order chi connectivity index (χ0) is 14.7. The quantitative estimate of drug-likeness (QED) is 0.940. The number of amides is 1. The van der Waals surface area contributed by atoms with Crippen molar-refractivity contribution in [2.45, 2.75) is 38.5 Å². The molecule has 1 aliphatic rings. The molecule has 1 N–H and O–H groups in total. The molecule has 0 radical (unpaired) electrons. The summed E-state index contributed by atoms with van der Waals surface area (Å²) in [4.78, 5) is 14.3. The van der Waals surface area contributed by atoms with Crippen LogP contribution in [0, 0.1) is 6.92 Å². The lowest BCUT2D eigenvalue weighted by Crippen LogP contribution is -2.39. The summed E-state index contributed by atoms with van der Waals surface area (Å²) in [7, 11) is 0. The molecule has 21 heavy (non-hydrogen) atoms. The first-order valence-electron chi connectivity index (χ1n) is 7.54. The van der Waals surface area contributed by atoms with Crippen molar-refractivity contribution in [3.63, 3.8) is 0 Å². The number of furan rings is 1. The van der Waals surface area contributed by atoms with Crippen molar-refractivity contribution >= 4 is 5.91 Å². The Balaban J connectivity index is 1.56. The molecule has 1 aliphatic heterocycles. The molecule has 0 bridgehead atoms. The second-order valence-electron chi connectivity index (χ2n) is 5.73. The zero-order valence-corrected chi connectivity index (χ0v) is 12.3. The van der Waals surface area contributed by atoms with Gasteiger partial charge in [0.1, 0.15) is 5.76 Å². The minimum atomic E-state index is 0.211. The van der Waals surface area contributed by atoms with Gasteiger partial charge in [0, 0.05) is 37.5 Å². The van der Waals surface area contributed by atoms with E-state index in [9.17, 15) is 4.79 Å². The number of H-pyrrole nitrogens is 1. The molecule has 1 atom stereocenters. The highest BCUT2D eigenvalue weighted by molar-refractivity contribution is 5.76. The van der Waals surface area contributed by atoms with Crippen LogP contribution in [0.25, 0.3) is 0 Å². The van der Waals surface area contributed by atoms with E-state index in [1.54, 1.807) is 6.26 Å². The van der Waals surface area contributed by atoms with Crippen LogP contribution in [-0.4, -0.2) is 34.1 Å². The molecule has 2 aromatic rings. The Morgan fingerprint density at radius 1 is 1.57 bits per heavy atom. The molecule has 0 aromatic carbocycles. The van der Waals surface area contributed by atoms with Gasteiger partial charge in [0.2, 0.25) is 5.91 Å². The van der Waals surface area contributed by atoms with E-state index in [0.29, 0.717) is 18.8 Å². The predicted molar refractivity (Wildman–Crippen MR) is 78.9 cm³/mol. The molecule has 1 fully saturated rings. The number of aromatic amines is 1. The highest BCUT2D eigenvalue weighted by Gasteiger charge is 2.26. The third-order valence-electron chi connectivity index (χ3n) is 4.08. The number of aryl methyl sites for hydroxylation is 2. The van der Waals surface area contributed by atoms with Gasteiger partial charge in [-0.05, 0) is 38.0 Å². The summed E-state index contributed by atoms with van der Waals surface area (Å²) in [6.45, 7) is 3.64. The summed E-state index contributed by atoms with van der Waals surface area (Å²) in [6, 6.07) is 5.86. The second-order valence-corrected chi connectivity index (χ2v) is 5.73. The number of hydrogen-bond acceptors (Lipinski definition) is 3. The summed E-state index contributed by atoms with van der Waals surface area (Å²) in [5, 5.41) is 7.33. The summed E-state index contributed by atoms with van der Waals surface area (Å²) in [6.07, 6.45) is 4.99. The maximum atomic E-state index is 12.3. The van der Waals surface area contributed by atoms with Gasteiger partial charge < -0.3 is 9.32 Å². The summed E-state index contributed by atoms with van der Waals surface area (Å²) in [5.41, 5.74) is 2.15. The number of aromatic nitrogens is 2. The Bertz CT molecular complexity index is 588. The topological polar surface area (TPSA) is 62.1 Å².